The van der Waals surface area contributed by atoms with Gasteiger partial charge in [-0.3, -0.25) is 4.79 Å². The average Bonchev–Trinajstić information content (AvgIpc) is 2.39. The Bertz CT molecular complexity index is 440. The van der Waals surface area contributed by atoms with Crippen molar-refractivity contribution in [3.63, 3.8) is 0 Å². The van der Waals surface area contributed by atoms with Gasteiger partial charge in [-0.15, -0.1) is 0 Å². The SMILES string of the molecule is CCCCC(C(=O)O)C(C)(O)c1ccccc1OCC. The van der Waals surface area contributed by atoms with Gasteiger partial charge in [-0.2, -0.15) is 0 Å². The number of ether oxygens (including phenoxy) is 1. The van der Waals surface area contributed by atoms with Gasteiger partial charge >= 0.3 is 5.97 Å². The van der Waals surface area contributed by atoms with Crippen LogP contribution in [0.3, 0.4) is 0 Å². The van der Waals surface area contributed by atoms with Crippen LogP contribution in [0.5, 0.6) is 5.75 Å². The van der Waals surface area contributed by atoms with Gasteiger partial charge in [0.2, 0.25) is 0 Å². The molecule has 0 radical (unpaired) electrons. The molecule has 1 aromatic rings. The molecule has 0 aliphatic heterocycles. The van der Waals surface area contributed by atoms with Crippen LogP contribution in [-0.2, 0) is 10.4 Å². The molecule has 1 aromatic carbocycles. The van der Waals surface area contributed by atoms with E-state index in [1.165, 1.54) is 0 Å². The maximum atomic E-state index is 11.5. The minimum absolute atomic E-state index is 0.444. The molecule has 0 spiro atoms. The lowest BCUT2D eigenvalue weighted by Crippen LogP contribution is -2.37. The number of benzene rings is 1. The van der Waals surface area contributed by atoms with E-state index < -0.39 is 17.5 Å². The van der Waals surface area contributed by atoms with Crippen molar-refractivity contribution in [3.05, 3.63) is 29.8 Å². The zero-order valence-electron chi connectivity index (χ0n) is 12.4. The van der Waals surface area contributed by atoms with Crippen molar-refractivity contribution < 1.29 is 19.7 Å². The van der Waals surface area contributed by atoms with Crippen molar-refractivity contribution in [2.75, 3.05) is 6.61 Å². The first-order valence-corrected chi connectivity index (χ1v) is 7.12. The first-order chi connectivity index (χ1) is 9.45. The number of aliphatic hydroxyl groups is 1. The van der Waals surface area contributed by atoms with E-state index in [9.17, 15) is 15.0 Å². The van der Waals surface area contributed by atoms with E-state index in [0.717, 1.165) is 12.8 Å². The summed E-state index contributed by atoms with van der Waals surface area (Å²) in [5.41, 5.74) is -0.919. The van der Waals surface area contributed by atoms with Gasteiger partial charge in [0.25, 0.3) is 0 Å². The number of unbranched alkanes of at least 4 members (excludes halogenated alkanes) is 1. The number of hydrogen-bond acceptors (Lipinski definition) is 3. The fraction of sp³-hybridized carbons (Fsp3) is 0.562. The molecule has 0 fully saturated rings. The molecule has 0 heterocycles. The number of rotatable bonds is 8. The Morgan fingerprint density at radius 3 is 2.55 bits per heavy atom. The number of carbonyl (C=O) groups is 1. The third-order valence-electron chi connectivity index (χ3n) is 3.56. The van der Waals surface area contributed by atoms with Crippen LogP contribution in [0.4, 0.5) is 0 Å². The molecule has 0 bridgehead atoms. The summed E-state index contributed by atoms with van der Waals surface area (Å²) in [5.74, 6) is -1.28. The predicted molar refractivity (Wildman–Crippen MR) is 77.8 cm³/mol. The molecule has 1 rings (SSSR count). The summed E-state index contributed by atoms with van der Waals surface area (Å²) in [6.07, 6.45) is 2.11. The summed E-state index contributed by atoms with van der Waals surface area (Å²) < 4.78 is 5.50. The second-order valence-electron chi connectivity index (χ2n) is 5.11. The Hall–Kier alpha value is -1.55. The van der Waals surface area contributed by atoms with Crippen LogP contribution in [0.1, 0.15) is 45.6 Å². The molecule has 4 nitrogen and oxygen atoms in total. The lowest BCUT2D eigenvalue weighted by molar-refractivity contribution is -0.152. The lowest BCUT2D eigenvalue weighted by Gasteiger charge is -2.32. The molecule has 2 unspecified atom stereocenters. The van der Waals surface area contributed by atoms with E-state index in [-0.39, 0.29) is 0 Å². The quantitative estimate of drug-likeness (QED) is 0.767. The topological polar surface area (TPSA) is 66.8 Å². The van der Waals surface area contributed by atoms with Gasteiger partial charge in [0, 0.05) is 5.56 Å². The molecule has 0 aliphatic carbocycles. The highest BCUT2D eigenvalue weighted by Gasteiger charge is 2.40. The van der Waals surface area contributed by atoms with Crippen LogP contribution in [0, 0.1) is 5.92 Å². The highest BCUT2D eigenvalue weighted by molar-refractivity contribution is 5.72. The van der Waals surface area contributed by atoms with Gasteiger partial charge in [-0.25, -0.2) is 0 Å². The summed E-state index contributed by atoms with van der Waals surface area (Å²) in [4.78, 5) is 11.5. The molecule has 2 atom stereocenters. The van der Waals surface area contributed by atoms with Crippen LogP contribution in [0.2, 0.25) is 0 Å². The Morgan fingerprint density at radius 1 is 1.35 bits per heavy atom. The largest absolute Gasteiger partial charge is 0.493 e. The molecule has 20 heavy (non-hydrogen) atoms. The molecule has 2 N–H and O–H groups in total. The second kappa shape index (κ2) is 7.29. The number of hydrogen-bond donors (Lipinski definition) is 2. The maximum Gasteiger partial charge on any atom is 0.309 e. The monoisotopic (exact) mass is 280 g/mol. The van der Waals surface area contributed by atoms with Gasteiger partial charge in [0.05, 0.1) is 12.5 Å². The fourth-order valence-electron chi connectivity index (χ4n) is 2.41. The summed E-state index contributed by atoms with van der Waals surface area (Å²) in [6.45, 7) is 5.89. The number of carboxylic acids is 1. The van der Waals surface area contributed by atoms with E-state index in [1.807, 2.05) is 19.9 Å². The lowest BCUT2D eigenvalue weighted by atomic mass is 9.79. The first-order valence-electron chi connectivity index (χ1n) is 7.12. The van der Waals surface area contributed by atoms with Crippen LogP contribution in [0.15, 0.2) is 24.3 Å². The Labute approximate surface area is 120 Å². The zero-order chi connectivity index (χ0) is 15.2. The zero-order valence-corrected chi connectivity index (χ0v) is 12.4. The van der Waals surface area contributed by atoms with Crippen molar-refractivity contribution in [2.24, 2.45) is 5.92 Å². The van der Waals surface area contributed by atoms with Gasteiger partial charge in [0.15, 0.2) is 0 Å². The second-order valence-corrected chi connectivity index (χ2v) is 5.11. The highest BCUT2D eigenvalue weighted by Crippen LogP contribution is 2.38. The molecule has 0 saturated carbocycles. The third kappa shape index (κ3) is 3.73. The van der Waals surface area contributed by atoms with Crippen LogP contribution in [-0.4, -0.2) is 22.8 Å². The number of aliphatic carboxylic acids is 1. The molecule has 112 valence electrons. The summed E-state index contributed by atoms with van der Waals surface area (Å²) in [5, 5.41) is 20.2. The van der Waals surface area contributed by atoms with E-state index in [2.05, 4.69) is 0 Å². The van der Waals surface area contributed by atoms with Crippen molar-refractivity contribution in [3.8, 4) is 5.75 Å². The van der Waals surface area contributed by atoms with Crippen molar-refractivity contribution in [1.29, 1.82) is 0 Å². The predicted octanol–water partition coefficient (Wildman–Crippen LogP) is 3.18. The Balaban J connectivity index is 3.14. The minimum Gasteiger partial charge on any atom is -0.493 e. The number of para-hydroxylation sites is 1. The normalized spacial score (nSPS) is 15.4. The van der Waals surface area contributed by atoms with Gasteiger partial charge in [-0.05, 0) is 26.3 Å². The number of carboxylic acid groups (broad SMARTS) is 1. The van der Waals surface area contributed by atoms with Crippen LogP contribution in [0.25, 0.3) is 0 Å². The van der Waals surface area contributed by atoms with E-state index in [4.69, 9.17) is 4.74 Å². The molecule has 0 amide bonds. The molecular formula is C16H24O4. The van der Waals surface area contributed by atoms with E-state index >= 15 is 0 Å². The molecule has 0 aliphatic rings. The Morgan fingerprint density at radius 2 is 2.00 bits per heavy atom. The van der Waals surface area contributed by atoms with E-state index in [1.54, 1.807) is 25.1 Å². The Kier molecular flexibility index (Phi) is 6.02. The van der Waals surface area contributed by atoms with Gasteiger partial charge < -0.3 is 14.9 Å². The van der Waals surface area contributed by atoms with Crippen LogP contribution < -0.4 is 4.74 Å². The molecule has 0 saturated heterocycles. The third-order valence-corrected chi connectivity index (χ3v) is 3.56. The first kappa shape index (κ1) is 16.5. The summed E-state index contributed by atoms with van der Waals surface area (Å²) in [7, 11) is 0. The van der Waals surface area contributed by atoms with Gasteiger partial charge in [0.1, 0.15) is 11.4 Å². The smallest absolute Gasteiger partial charge is 0.309 e. The van der Waals surface area contributed by atoms with Crippen molar-refractivity contribution in [2.45, 2.75) is 45.6 Å². The molecule has 4 heteroatoms. The van der Waals surface area contributed by atoms with Crippen LogP contribution >= 0.6 is 0 Å². The maximum absolute atomic E-state index is 11.5. The fourth-order valence-corrected chi connectivity index (χ4v) is 2.41. The van der Waals surface area contributed by atoms with E-state index in [0.29, 0.717) is 24.3 Å². The average molecular weight is 280 g/mol. The van der Waals surface area contributed by atoms with Crippen molar-refractivity contribution in [1.82, 2.24) is 0 Å². The summed E-state index contributed by atoms with van der Waals surface area (Å²) in [6, 6.07) is 7.08. The minimum atomic E-state index is -1.45. The standard InChI is InChI=1S/C16H24O4/c1-4-6-9-13(15(17)18)16(3,19)12-10-7-8-11-14(12)20-5-2/h7-8,10-11,13,19H,4-6,9H2,1-3H3,(H,17,18). The molecular weight excluding hydrogens is 256 g/mol. The van der Waals surface area contributed by atoms with Gasteiger partial charge in [-0.1, -0.05) is 38.0 Å². The van der Waals surface area contributed by atoms with Crippen molar-refractivity contribution >= 4 is 5.97 Å². The summed E-state index contributed by atoms with van der Waals surface area (Å²) >= 11 is 0. The highest BCUT2D eigenvalue weighted by atomic mass is 16.5. The molecule has 0 aromatic heterocycles.